The highest BCUT2D eigenvalue weighted by molar-refractivity contribution is 5.28. The van der Waals surface area contributed by atoms with Crippen LogP contribution >= 0.6 is 0 Å². The molecule has 1 aromatic rings. The first-order chi connectivity index (χ1) is 9.65. The quantitative estimate of drug-likeness (QED) is 0.665. The Labute approximate surface area is 123 Å². The SMILES string of the molecule is CCCNC(COCCOC(C)C)c1ccccc1C. The van der Waals surface area contributed by atoms with Crippen molar-refractivity contribution in [3.05, 3.63) is 35.4 Å². The van der Waals surface area contributed by atoms with Crippen LogP contribution in [0.3, 0.4) is 0 Å². The van der Waals surface area contributed by atoms with E-state index in [2.05, 4.69) is 43.4 Å². The van der Waals surface area contributed by atoms with Gasteiger partial charge in [0.05, 0.1) is 32.0 Å². The van der Waals surface area contributed by atoms with Crippen LogP contribution in [0.5, 0.6) is 0 Å². The van der Waals surface area contributed by atoms with Crippen LogP contribution < -0.4 is 5.32 Å². The van der Waals surface area contributed by atoms with Gasteiger partial charge in [0.1, 0.15) is 0 Å². The molecule has 20 heavy (non-hydrogen) atoms. The third-order valence-corrected chi connectivity index (χ3v) is 3.17. The fourth-order valence-electron chi connectivity index (χ4n) is 2.10. The minimum Gasteiger partial charge on any atom is -0.377 e. The van der Waals surface area contributed by atoms with Gasteiger partial charge in [-0.1, -0.05) is 31.2 Å². The Morgan fingerprint density at radius 3 is 2.55 bits per heavy atom. The molecule has 0 aromatic heterocycles. The zero-order valence-electron chi connectivity index (χ0n) is 13.3. The third kappa shape index (κ3) is 6.51. The number of ether oxygens (including phenoxy) is 2. The number of hydrogen-bond donors (Lipinski definition) is 1. The van der Waals surface area contributed by atoms with Crippen molar-refractivity contribution in [3.8, 4) is 0 Å². The first-order valence-corrected chi connectivity index (χ1v) is 7.63. The molecule has 1 unspecified atom stereocenters. The van der Waals surface area contributed by atoms with Gasteiger partial charge in [0.25, 0.3) is 0 Å². The Kier molecular flexibility index (Phi) is 8.51. The van der Waals surface area contributed by atoms with Gasteiger partial charge < -0.3 is 14.8 Å². The molecule has 0 saturated carbocycles. The molecule has 0 fully saturated rings. The summed E-state index contributed by atoms with van der Waals surface area (Å²) in [5.41, 5.74) is 2.63. The summed E-state index contributed by atoms with van der Waals surface area (Å²) in [6, 6.07) is 8.75. The first-order valence-electron chi connectivity index (χ1n) is 7.63. The Morgan fingerprint density at radius 1 is 1.15 bits per heavy atom. The van der Waals surface area contributed by atoms with Gasteiger partial charge in [-0.2, -0.15) is 0 Å². The zero-order valence-corrected chi connectivity index (χ0v) is 13.3. The van der Waals surface area contributed by atoms with E-state index < -0.39 is 0 Å². The molecule has 1 aromatic carbocycles. The maximum atomic E-state index is 5.77. The average Bonchev–Trinajstić information content (AvgIpc) is 2.42. The van der Waals surface area contributed by atoms with Gasteiger partial charge in [0.15, 0.2) is 0 Å². The van der Waals surface area contributed by atoms with E-state index >= 15 is 0 Å². The van der Waals surface area contributed by atoms with Crippen LogP contribution in [0.1, 0.15) is 44.4 Å². The number of nitrogens with one attached hydrogen (secondary N) is 1. The molecule has 0 heterocycles. The lowest BCUT2D eigenvalue weighted by molar-refractivity contribution is 0.0137. The van der Waals surface area contributed by atoms with Crippen LogP contribution in [0.25, 0.3) is 0 Å². The summed E-state index contributed by atoms with van der Waals surface area (Å²) >= 11 is 0. The van der Waals surface area contributed by atoms with E-state index in [4.69, 9.17) is 9.47 Å². The van der Waals surface area contributed by atoms with E-state index in [9.17, 15) is 0 Å². The van der Waals surface area contributed by atoms with Crippen LogP contribution in [0.2, 0.25) is 0 Å². The molecule has 114 valence electrons. The molecule has 1 rings (SSSR count). The second kappa shape index (κ2) is 9.92. The van der Waals surface area contributed by atoms with Crippen LogP contribution in [0.15, 0.2) is 24.3 Å². The molecule has 3 heteroatoms. The molecule has 0 bridgehead atoms. The largest absolute Gasteiger partial charge is 0.377 e. The van der Waals surface area contributed by atoms with Crippen molar-refractivity contribution >= 4 is 0 Å². The van der Waals surface area contributed by atoms with E-state index in [0.717, 1.165) is 13.0 Å². The van der Waals surface area contributed by atoms with E-state index in [-0.39, 0.29) is 12.1 Å². The molecular formula is C17H29NO2. The molecular weight excluding hydrogens is 250 g/mol. The highest BCUT2D eigenvalue weighted by Crippen LogP contribution is 2.17. The lowest BCUT2D eigenvalue weighted by Gasteiger charge is -2.21. The van der Waals surface area contributed by atoms with Gasteiger partial charge in [-0.25, -0.2) is 0 Å². The number of benzene rings is 1. The van der Waals surface area contributed by atoms with Crippen LogP contribution in [-0.4, -0.2) is 32.5 Å². The van der Waals surface area contributed by atoms with Crippen molar-refractivity contribution in [1.82, 2.24) is 5.32 Å². The second-order valence-corrected chi connectivity index (χ2v) is 5.36. The highest BCUT2D eigenvalue weighted by Gasteiger charge is 2.12. The zero-order chi connectivity index (χ0) is 14.8. The standard InChI is InChI=1S/C17H29NO2/c1-5-10-18-17(13-19-11-12-20-14(2)3)16-9-7-6-8-15(16)4/h6-9,14,17-18H,5,10-13H2,1-4H3. The van der Waals surface area contributed by atoms with Crippen molar-refractivity contribution in [2.24, 2.45) is 0 Å². The van der Waals surface area contributed by atoms with E-state index in [0.29, 0.717) is 19.8 Å². The van der Waals surface area contributed by atoms with Crippen molar-refractivity contribution in [1.29, 1.82) is 0 Å². The summed E-state index contributed by atoms with van der Waals surface area (Å²) in [6.45, 7) is 11.4. The van der Waals surface area contributed by atoms with Crippen LogP contribution in [0, 0.1) is 6.92 Å². The summed E-state index contributed by atoms with van der Waals surface area (Å²) < 4.78 is 11.3. The summed E-state index contributed by atoms with van der Waals surface area (Å²) in [4.78, 5) is 0. The molecule has 0 saturated heterocycles. The minimum absolute atomic E-state index is 0.259. The first kappa shape index (κ1) is 17.2. The summed E-state index contributed by atoms with van der Waals surface area (Å²) in [6.07, 6.45) is 1.39. The van der Waals surface area contributed by atoms with E-state index in [1.807, 2.05) is 13.8 Å². The monoisotopic (exact) mass is 279 g/mol. The molecule has 0 aliphatic carbocycles. The van der Waals surface area contributed by atoms with Gasteiger partial charge in [0, 0.05) is 0 Å². The normalized spacial score (nSPS) is 12.8. The lowest BCUT2D eigenvalue weighted by atomic mass is 10.0. The Morgan fingerprint density at radius 2 is 1.90 bits per heavy atom. The Balaban J connectivity index is 2.46. The van der Waals surface area contributed by atoms with Gasteiger partial charge >= 0.3 is 0 Å². The molecule has 0 radical (unpaired) electrons. The van der Waals surface area contributed by atoms with Crippen molar-refractivity contribution < 1.29 is 9.47 Å². The third-order valence-electron chi connectivity index (χ3n) is 3.17. The fourth-order valence-corrected chi connectivity index (χ4v) is 2.10. The molecule has 0 aliphatic heterocycles. The van der Waals surface area contributed by atoms with Gasteiger partial charge in [-0.05, 0) is 44.9 Å². The van der Waals surface area contributed by atoms with E-state index in [1.165, 1.54) is 11.1 Å². The average molecular weight is 279 g/mol. The Bertz CT molecular complexity index is 366. The van der Waals surface area contributed by atoms with Crippen molar-refractivity contribution in [3.63, 3.8) is 0 Å². The van der Waals surface area contributed by atoms with Crippen LogP contribution in [0.4, 0.5) is 0 Å². The molecule has 1 N–H and O–H groups in total. The predicted molar refractivity (Wildman–Crippen MR) is 84.1 cm³/mol. The molecule has 0 aliphatic rings. The fraction of sp³-hybridized carbons (Fsp3) is 0.647. The number of hydrogen-bond acceptors (Lipinski definition) is 3. The number of aryl methyl sites for hydroxylation is 1. The van der Waals surface area contributed by atoms with Gasteiger partial charge in [-0.3, -0.25) is 0 Å². The number of rotatable bonds is 10. The van der Waals surface area contributed by atoms with Gasteiger partial charge in [0.2, 0.25) is 0 Å². The molecule has 3 nitrogen and oxygen atoms in total. The van der Waals surface area contributed by atoms with Gasteiger partial charge in [-0.15, -0.1) is 0 Å². The second-order valence-electron chi connectivity index (χ2n) is 5.36. The predicted octanol–water partition coefficient (Wildman–Crippen LogP) is 3.48. The smallest absolute Gasteiger partial charge is 0.0703 e. The highest BCUT2D eigenvalue weighted by atomic mass is 16.5. The summed E-state index contributed by atoms with van der Waals surface area (Å²) in [7, 11) is 0. The van der Waals surface area contributed by atoms with E-state index in [1.54, 1.807) is 0 Å². The molecule has 0 spiro atoms. The van der Waals surface area contributed by atoms with Crippen molar-refractivity contribution in [2.45, 2.75) is 46.3 Å². The topological polar surface area (TPSA) is 30.5 Å². The maximum absolute atomic E-state index is 5.77. The maximum Gasteiger partial charge on any atom is 0.0703 e. The van der Waals surface area contributed by atoms with Crippen molar-refractivity contribution in [2.75, 3.05) is 26.4 Å². The molecule has 0 amide bonds. The van der Waals surface area contributed by atoms with Crippen LogP contribution in [-0.2, 0) is 9.47 Å². The Hall–Kier alpha value is -0.900. The summed E-state index contributed by atoms with van der Waals surface area (Å²) in [5, 5.41) is 3.56. The molecule has 1 atom stereocenters. The lowest BCUT2D eigenvalue weighted by Crippen LogP contribution is -2.27. The summed E-state index contributed by atoms with van der Waals surface area (Å²) in [5.74, 6) is 0. The minimum atomic E-state index is 0.259.